The monoisotopic (exact) mass is 152 g/mol. The number of carboxylic acids is 1. The Morgan fingerprint density at radius 2 is 2.00 bits per heavy atom. The van der Waals surface area contributed by atoms with Crippen molar-refractivity contribution in [2.24, 2.45) is 0 Å². The van der Waals surface area contributed by atoms with Gasteiger partial charge >= 0.3 is 5.97 Å². The number of rotatable bonds is 4. The number of aliphatic carboxylic acids is 1. The average molecular weight is 152 g/mol. The molecule has 0 aliphatic heterocycles. The maximum atomic E-state index is 9.83. The van der Waals surface area contributed by atoms with E-state index in [9.17, 15) is 4.79 Å². The van der Waals surface area contributed by atoms with Crippen LogP contribution in [0.15, 0.2) is 0 Å². The number of hydrogen-bond donors (Lipinski definition) is 3. The fourth-order valence-electron chi connectivity index (χ4n) is 0.381. The highest BCUT2D eigenvalue weighted by molar-refractivity contribution is 5.66. The van der Waals surface area contributed by atoms with Crippen LogP contribution in [-0.4, -0.2) is 39.5 Å². The second kappa shape index (κ2) is 6.47. The zero-order valence-corrected chi connectivity index (χ0v) is 5.45. The fourth-order valence-corrected chi connectivity index (χ4v) is 0.381. The molecule has 1 atom stereocenters. The molecule has 0 amide bonds. The quantitative estimate of drug-likeness (QED) is 0.449. The van der Waals surface area contributed by atoms with Crippen LogP contribution < -0.4 is 0 Å². The average Bonchev–Trinajstić information content (AvgIpc) is 1.83. The van der Waals surface area contributed by atoms with Gasteiger partial charge < -0.3 is 20.8 Å². The van der Waals surface area contributed by atoms with E-state index < -0.39 is 12.1 Å². The van der Waals surface area contributed by atoms with E-state index in [0.29, 0.717) is 0 Å². The fraction of sp³-hybridized carbons (Fsp3) is 0.800. The molecule has 1 unspecified atom stereocenters. The molecular formula is C5H12O5. The van der Waals surface area contributed by atoms with Crippen LogP contribution >= 0.6 is 0 Å². The van der Waals surface area contributed by atoms with Gasteiger partial charge in [0.1, 0.15) is 0 Å². The number of carboxylic acid groups (broad SMARTS) is 1. The lowest BCUT2D eigenvalue weighted by molar-refractivity contribution is -0.137. The zero-order chi connectivity index (χ0) is 7.28. The maximum Gasteiger partial charge on any atom is 0.303 e. The molecule has 0 saturated heterocycles. The highest BCUT2D eigenvalue weighted by Crippen LogP contribution is 1.94. The lowest BCUT2D eigenvalue weighted by atomic mass is 10.2. The molecule has 10 heavy (non-hydrogen) atoms. The normalized spacial score (nSPS) is 11.8. The first-order valence-corrected chi connectivity index (χ1v) is 2.67. The summed E-state index contributed by atoms with van der Waals surface area (Å²) in [6.45, 7) is -0.368. The Balaban J connectivity index is 0. The first-order valence-electron chi connectivity index (χ1n) is 2.67. The van der Waals surface area contributed by atoms with E-state index in [2.05, 4.69) is 0 Å². The highest BCUT2D eigenvalue weighted by Gasteiger charge is 2.03. The summed E-state index contributed by atoms with van der Waals surface area (Å²) in [5.74, 6) is -0.956. The van der Waals surface area contributed by atoms with Crippen molar-refractivity contribution >= 4 is 5.97 Å². The van der Waals surface area contributed by atoms with Gasteiger partial charge in [-0.05, 0) is 6.42 Å². The van der Waals surface area contributed by atoms with Crippen molar-refractivity contribution in [3.8, 4) is 0 Å². The molecule has 5 N–H and O–H groups in total. The molecule has 0 aliphatic carbocycles. The maximum absolute atomic E-state index is 9.83. The predicted molar refractivity (Wildman–Crippen MR) is 33.6 cm³/mol. The molecule has 0 heterocycles. The Bertz CT molecular complexity index is 92.0. The number of carbonyl (C=O) groups is 1. The van der Waals surface area contributed by atoms with Gasteiger partial charge in [0.2, 0.25) is 0 Å². The van der Waals surface area contributed by atoms with Gasteiger partial charge in [0.25, 0.3) is 0 Å². The molecule has 5 heteroatoms. The Hall–Kier alpha value is -0.650. The van der Waals surface area contributed by atoms with Crippen LogP contribution in [0.25, 0.3) is 0 Å². The zero-order valence-electron chi connectivity index (χ0n) is 5.45. The standard InChI is InChI=1S/C5H10O4.H2O/c6-3-4(7)1-2-5(8)9;/h4,6-7H,1-3H2,(H,8,9);1H2. The minimum absolute atomic E-state index is 0. The van der Waals surface area contributed by atoms with Crippen LogP contribution in [0, 0.1) is 0 Å². The second-order valence-electron chi connectivity index (χ2n) is 1.77. The Morgan fingerprint density at radius 1 is 1.50 bits per heavy atom. The van der Waals surface area contributed by atoms with Gasteiger partial charge in [0.05, 0.1) is 12.7 Å². The molecule has 5 nitrogen and oxygen atoms in total. The molecule has 0 bridgehead atoms. The summed E-state index contributed by atoms with van der Waals surface area (Å²) in [4.78, 5) is 9.83. The molecular weight excluding hydrogens is 140 g/mol. The molecule has 0 aromatic heterocycles. The summed E-state index contributed by atoms with van der Waals surface area (Å²) >= 11 is 0. The number of aliphatic hydroxyl groups excluding tert-OH is 2. The third kappa shape index (κ3) is 7.35. The lowest BCUT2D eigenvalue weighted by Gasteiger charge is -2.01. The van der Waals surface area contributed by atoms with Crippen molar-refractivity contribution in [1.29, 1.82) is 0 Å². The van der Waals surface area contributed by atoms with Gasteiger partial charge in [0.15, 0.2) is 0 Å². The number of aliphatic hydroxyl groups is 2. The van der Waals surface area contributed by atoms with Crippen molar-refractivity contribution in [1.82, 2.24) is 0 Å². The van der Waals surface area contributed by atoms with Crippen molar-refractivity contribution in [3.63, 3.8) is 0 Å². The molecule has 0 aliphatic rings. The van der Waals surface area contributed by atoms with Crippen LogP contribution in [0.4, 0.5) is 0 Å². The molecule has 0 radical (unpaired) electrons. The van der Waals surface area contributed by atoms with Gasteiger partial charge in [-0.25, -0.2) is 0 Å². The smallest absolute Gasteiger partial charge is 0.303 e. The van der Waals surface area contributed by atoms with Crippen molar-refractivity contribution < 1.29 is 25.6 Å². The summed E-state index contributed by atoms with van der Waals surface area (Å²) in [5, 5.41) is 24.9. The highest BCUT2D eigenvalue weighted by atomic mass is 16.4. The third-order valence-corrected chi connectivity index (χ3v) is 0.902. The van der Waals surface area contributed by atoms with Crippen molar-refractivity contribution in [2.75, 3.05) is 6.61 Å². The summed E-state index contributed by atoms with van der Waals surface area (Å²) in [7, 11) is 0. The summed E-state index contributed by atoms with van der Waals surface area (Å²) in [5.41, 5.74) is 0. The summed E-state index contributed by atoms with van der Waals surface area (Å²) in [6.07, 6.45) is -0.866. The van der Waals surface area contributed by atoms with Crippen molar-refractivity contribution in [3.05, 3.63) is 0 Å². The van der Waals surface area contributed by atoms with Crippen LogP contribution in [0.5, 0.6) is 0 Å². The third-order valence-electron chi connectivity index (χ3n) is 0.902. The molecule has 62 valence electrons. The van der Waals surface area contributed by atoms with Crippen molar-refractivity contribution in [2.45, 2.75) is 18.9 Å². The second-order valence-corrected chi connectivity index (χ2v) is 1.77. The largest absolute Gasteiger partial charge is 0.481 e. The van der Waals surface area contributed by atoms with Gasteiger partial charge in [-0.3, -0.25) is 4.79 Å². The molecule has 0 saturated carbocycles. The van der Waals surface area contributed by atoms with E-state index in [1.807, 2.05) is 0 Å². The van der Waals surface area contributed by atoms with Crippen LogP contribution in [0.3, 0.4) is 0 Å². The first kappa shape index (κ1) is 12.1. The SMILES string of the molecule is O.O=C(O)CCC(O)CO. The van der Waals surface area contributed by atoms with Gasteiger partial charge in [-0.1, -0.05) is 0 Å². The lowest BCUT2D eigenvalue weighted by Crippen LogP contribution is -2.13. The Kier molecular flexibility index (Phi) is 7.81. The number of hydrogen-bond acceptors (Lipinski definition) is 3. The van der Waals surface area contributed by atoms with Crippen LogP contribution in [0.1, 0.15) is 12.8 Å². The van der Waals surface area contributed by atoms with E-state index in [0.717, 1.165) is 0 Å². The van der Waals surface area contributed by atoms with E-state index in [4.69, 9.17) is 15.3 Å². The molecule has 0 aromatic rings. The topological polar surface area (TPSA) is 109 Å². The van der Waals surface area contributed by atoms with Crippen LogP contribution in [0.2, 0.25) is 0 Å². The molecule has 0 spiro atoms. The van der Waals surface area contributed by atoms with E-state index in [1.54, 1.807) is 0 Å². The van der Waals surface area contributed by atoms with Gasteiger partial charge in [0, 0.05) is 6.42 Å². The van der Waals surface area contributed by atoms with E-state index >= 15 is 0 Å². The summed E-state index contributed by atoms with van der Waals surface area (Å²) < 4.78 is 0. The van der Waals surface area contributed by atoms with E-state index in [-0.39, 0.29) is 24.9 Å². The molecule has 0 fully saturated rings. The molecule has 0 rings (SSSR count). The predicted octanol–water partition coefficient (Wildman–Crippen LogP) is -1.62. The first-order chi connectivity index (χ1) is 4.16. The minimum atomic E-state index is -0.956. The van der Waals surface area contributed by atoms with Gasteiger partial charge in [-0.15, -0.1) is 0 Å². The summed E-state index contributed by atoms with van der Waals surface area (Å²) in [6, 6.07) is 0. The minimum Gasteiger partial charge on any atom is -0.481 e. The Labute approximate surface area is 58.2 Å². The van der Waals surface area contributed by atoms with Gasteiger partial charge in [-0.2, -0.15) is 0 Å². The van der Waals surface area contributed by atoms with Crippen LogP contribution in [-0.2, 0) is 4.79 Å². The Morgan fingerprint density at radius 3 is 2.30 bits per heavy atom. The molecule has 0 aromatic carbocycles. The van der Waals surface area contributed by atoms with E-state index in [1.165, 1.54) is 0 Å².